The third-order valence-electron chi connectivity index (χ3n) is 1.16. The van der Waals surface area contributed by atoms with Crippen LogP contribution in [-0.2, 0) is 7.05 Å². The predicted octanol–water partition coefficient (Wildman–Crippen LogP) is 0.150. The van der Waals surface area contributed by atoms with Crippen molar-refractivity contribution in [2.24, 2.45) is 7.05 Å². The van der Waals surface area contributed by atoms with Crippen molar-refractivity contribution in [3.8, 4) is 0 Å². The van der Waals surface area contributed by atoms with Crippen molar-refractivity contribution in [3.63, 3.8) is 0 Å². The van der Waals surface area contributed by atoms with Crippen molar-refractivity contribution in [1.29, 1.82) is 0 Å². The summed E-state index contributed by atoms with van der Waals surface area (Å²) < 4.78 is 1.62. The Morgan fingerprint density at radius 3 is 2.36 bits per heavy atom. The quantitative estimate of drug-likeness (QED) is 0.589. The fraction of sp³-hybridized carbons (Fsp3) is 0.429. The Kier molecular flexibility index (Phi) is 4.14. The van der Waals surface area contributed by atoms with E-state index in [9.17, 15) is 4.79 Å². The van der Waals surface area contributed by atoms with E-state index in [-0.39, 0.29) is 0 Å². The zero-order chi connectivity index (χ0) is 8.85. The first-order valence-electron chi connectivity index (χ1n) is 3.14. The third kappa shape index (κ3) is 2.51. The number of carbonyl (C=O) groups excluding carboxylic acids is 1. The van der Waals surface area contributed by atoms with Crippen LogP contribution in [0.4, 0.5) is 0 Å². The number of aliphatic hydroxyl groups excluding tert-OH is 1. The number of aromatic nitrogens is 2. The number of carbonyl (C=O) groups is 1. The molecule has 0 saturated heterocycles. The molecule has 0 saturated carbocycles. The maximum absolute atomic E-state index is 10.2. The van der Waals surface area contributed by atoms with Crippen LogP contribution in [0.2, 0.25) is 0 Å². The van der Waals surface area contributed by atoms with E-state index in [1.54, 1.807) is 11.7 Å². The van der Waals surface area contributed by atoms with Gasteiger partial charge in [0.05, 0.1) is 0 Å². The highest BCUT2D eigenvalue weighted by atomic mass is 16.2. The minimum absolute atomic E-state index is 0.525. The molecule has 0 aliphatic rings. The molecule has 0 aromatic carbocycles. The summed E-state index contributed by atoms with van der Waals surface area (Å²) in [5.41, 5.74) is 1.45. The number of nitrogens with zero attached hydrogens (tertiary/aromatic N) is 2. The number of hydrogen-bond acceptors (Lipinski definition) is 3. The topological polar surface area (TPSA) is 55.1 Å². The van der Waals surface area contributed by atoms with Crippen molar-refractivity contribution in [1.82, 2.24) is 9.78 Å². The molecule has 1 rings (SSSR count). The molecule has 0 spiro atoms. The standard InChI is InChI=1S/C6H8N2O.CH4O/c1-5-3-8(2)7-6(5)4-9;1-2/h3-4H,1-2H3;2H,1H3. The SMILES string of the molecule is CO.Cc1cn(C)nc1C=O. The maximum atomic E-state index is 10.2. The van der Waals surface area contributed by atoms with Crippen LogP contribution in [0.1, 0.15) is 16.1 Å². The lowest BCUT2D eigenvalue weighted by Gasteiger charge is -1.79. The summed E-state index contributed by atoms with van der Waals surface area (Å²) in [4.78, 5) is 10.2. The molecule has 1 heterocycles. The second-order valence-electron chi connectivity index (χ2n) is 1.99. The van der Waals surface area contributed by atoms with E-state index >= 15 is 0 Å². The summed E-state index contributed by atoms with van der Waals surface area (Å²) in [7, 11) is 2.79. The van der Waals surface area contributed by atoms with Crippen molar-refractivity contribution in [3.05, 3.63) is 17.5 Å². The van der Waals surface area contributed by atoms with Gasteiger partial charge in [0.1, 0.15) is 5.69 Å². The number of rotatable bonds is 1. The highest BCUT2D eigenvalue weighted by Gasteiger charge is 1.98. The summed E-state index contributed by atoms with van der Waals surface area (Å²) >= 11 is 0. The second-order valence-corrected chi connectivity index (χ2v) is 1.99. The van der Waals surface area contributed by atoms with Gasteiger partial charge in [-0.05, 0) is 12.5 Å². The van der Waals surface area contributed by atoms with Crippen molar-refractivity contribution in [2.45, 2.75) is 6.92 Å². The van der Waals surface area contributed by atoms with E-state index in [0.717, 1.165) is 19.0 Å². The van der Waals surface area contributed by atoms with Gasteiger partial charge in [-0.1, -0.05) is 0 Å². The lowest BCUT2D eigenvalue weighted by Crippen LogP contribution is -1.88. The Bertz CT molecular complexity index is 230. The molecule has 0 amide bonds. The van der Waals surface area contributed by atoms with Gasteiger partial charge in [0.15, 0.2) is 6.29 Å². The van der Waals surface area contributed by atoms with Gasteiger partial charge < -0.3 is 5.11 Å². The molecule has 0 atom stereocenters. The molecular weight excluding hydrogens is 144 g/mol. The van der Waals surface area contributed by atoms with Crippen molar-refractivity contribution < 1.29 is 9.90 Å². The first-order valence-corrected chi connectivity index (χ1v) is 3.14. The lowest BCUT2D eigenvalue weighted by molar-refractivity contribution is 0.111. The van der Waals surface area contributed by atoms with Gasteiger partial charge in [0, 0.05) is 20.4 Å². The van der Waals surface area contributed by atoms with Crippen LogP contribution in [-0.4, -0.2) is 28.3 Å². The molecule has 0 aliphatic carbocycles. The normalized spacial score (nSPS) is 8.36. The predicted molar refractivity (Wildman–Crippen MR) is 41.5 cm³/mol. The van der Waals surface area contributed by atoms with Crippen LogP contribution in [0.3, 0.4) is 0 Å². The van der Waals surface area contributed by atoms with Gasteiger partial charge in [0.25, 0.3) is 0 Å². The minimum atomic E-state index is 0.525. The zero-order valence-corrected chi connectivity index (χ0v) is 6.90. The second kappa shape index (κ2) is 4.62. The highest BCUT2D eigenvalue weighted by molar-refractivity contribution is 5.73. The fourth-order valence-corrected chi connectivity index (χ4v) is 0.741. The highest BCUT2D eigenvalue weighted by Crippen LogP contribution is 1.98. The molecule has 62 valence electrons. The molecule has 11 heavy (non-hydrogen) atoms. The van der Waals surface area contributed by atoms with Crippen molar-refractivity contribution in [2.75, 3.05) is 7.11 Å². The van der Waals surface area contributed by atoms with E-state index in [2.05, 4.69) is 5.10 Å². The summed E-state index contributed by atoms with van der Waals surface area (Å²) in [5.74, 6) is 0. The smallest absolute Gasteiger partial charge is 0.170 e. The molecular formula is C7H12N2O2. The summed E-state index contributed by atoms with van der Waals surface area (Å²) in [5, 5.41) is 10.9. The fourth-order valence-electron chi connectivity index (χ4n) is 0.741. The molecule has 0 fully saturated rings. The van der Waals surface area contributed by atoms with E-state index < -0.39 is 0 Å². The number of aliphatic hydroxyl groups is 1. The van der Waals surface area contributed by atoms with Crippen LogP contribution in [0, 0.1) is 6.92 Å². The van der Waals surface area contributed by atoms with Gasteiger partial charge in [-0.15, -0.1) is 0 Å². The Morgan fingerprint density at radius 2 is 2.18 bits per heavy atom. The largest absolute Gasteiger partial charge is 0.400 e. The van der Waals surface area contributed by atoms with Crippen LogP contribution in [0.25, 0.3) is 0 Å². The van der Waals surface area contributed by atoms with E-state index in [0.29, 0.717) is 5.69 Å². The number of hydrogen-bond donors (Lipinski definition) is 1. The molecule has 4 heteroatoms. The molecule has 0 aliphatic heterocycles. The van der Waals surface area contributed by atoms with E-state index in [4.69, 9.17) is 5.11 Å². The van der Waals surface area contributed by atoms with E-state index in [1.807, 2.05) is 13.1 Å². The van der Waals surface area contributed by atoms with Gasteiger partial charge in [-0.2, -0.15) is 5.10 Å². The third-order valence-corrected chi connectivity index (χ3v) is 1.16. The van der Waals surface area contributed by atoms with Gasteiger partial charge in [0.2, 0.25) is 0 Å². The Hall–Kier alpha value is -1.16. The number of aldehydes is 1. The van der Waals surface area contributed by atoms with Crippen LogP contribution >= 0.6 is 0 Å². The summed E-state index contributed by atoms with van der Waals surface area (Å²) in [6, 6.07) is 0. The Labute approximate surface area is 65.5 Å². The lowest BCUT2D eigenvalue weighted by atomic mass is 10.3. The van der Waals surface area contributed by atoms with Crippen molar-refractivity contribution >= 4 is 6.29 Å². The zero-order valence-electron chi connectivity index (χ0n) is 6.90. The summed E-state index contributed by atoms with van der Waals surface area (Å²) in [6.07, 6.45) is 2.57. The van der Waals surface area contributed by atoms with Gasteiger partial charge in [-0.25, -0.2) is 0 Å². The maximum Gasteiger partial charge on any atom is 0.170 e. The van der Waals surface area contributed by atoms with Gasteiger partial charge >= 0.3 is 0 Å². The first kappa shape index (κ1) is 9.84. The minimum Gasteiger partial charge on any atom is -0.400 e. The van der Waals surface area contributed by atoms with Gasteiger partial charge in [-0.3, -0.25) is 9.48 Å². The monoisotopic (exact) mass is 156 g/mol. The van der Waals surface area contributed by atoms with Crippen LogP contribution in [0.5, 0.6) is 0 Å². The molecule has 0 unspecified atom stereocenters. The van der Waals surface area contributed by atoms with Crippen LogP contribution in [0.15, 0.2) is 6.20 Å². The molecule has 1 N–H and O–H groups in total. The number of aryl methyl sites for hydroxylation is 2. The molecule has 1 aromatic rings. The Balaban J connectivity index is 0.000000461. The van der Waals surface area contributed by atoms with Crippen LogP contribution < -0.4 is 0 Å². The average Bonchev–Trinajstić information content (AvgIpc) is 2.33. The summed E-state index contributed by atoms with van der Waals surface area (Å²) in [6.45, 7) is 1.86. The first-order chi connectivity index (χ1) is 5.24. The van der Waals surface area contributed by atoms with E-state index in [1.165, 1.54) is 0 Å². The molecule has 4 nitrogen and oxygen atoms in total. The molecule has 0 bridgehead atoms. The average molecular weight is 156 g/mol. The molecule has 1 aromatic heterocycles. The molecule has 0 radical (unpaired) electrons. The Morgan fingerprint density at radius 1 is 1.64 bits per heavy atom.